The van der Waals surface area contributed by atoms with Gasteiger partial charge in [0.05, 0.1) is 20.8 Å². The maximum Gasteiger partial charge on any atom is 0.161 e. The Bertz CT molecular complexity index is 479. The molecule has 1 aliphatic rings. The first-order valence-corrected chi connectivity index (χ1v) is 8.29. The van der Waals surface area contributed by atoms with E-state index in [4.69, 9.17) is 9.47 Å². The summed E-state index contributed by atoms with van der Waals surface area (Å²) in [5.41, 5.74) is 0.947. The number of nitrogens with one attached hydrogen (secondary N) is 1. The second-order valence-corrected chi connectivity index (χ2v) is 6.33. The predicted octanol–water partition coefficient (Wildman–Crippen LogP) is 4.02. The monoisotopic (exact) mass is 308 g/mol. The minimum absolute atomic E-state index is 0.593. The summed E-state index contributed by atoms with van der Waals surface area (Å²) in [5.74, 6) is 2.28. The van der Waals surface area contributed by atoms with Crippen LogP contribution in [0.4, 0.5) is 5.69 Å². The molecule has 0 saturated carbocycles. The third-order valence-corrected chi connectivity index (χ3v) is 5.15. The van der Waals surface area contributed by atoms with Crippen LogP contribution in [0.3, 0.4) is 0 Å². The first-order valence-electron chi connectivity index (χ1n) is 7.41. The van der Waals surface area contributed by atoms with E-state index in [0.29, 0.717) is 5.25 Å². The molecule has 0 fully saturated rings. The molecule has 0 bridgehead atoms. The molecule has 0 saturated heterocycles. The van der Waals surface area contributed by atoms with Crippen molar-refractivity contribution in [3.63, 3.8) is 0 Å². The van der Waals surface area contributed by atoms with Crippen molar-refractivity contribution in [1.82, 2.24) is 0 Å². The average molecular weight is 308 g/mol. The lowest BCUT2D eigenvalue weighted by atomic mass is 9.99. The number of hydrogen-bond donors (Lipinski definition) is 1. The average Bonchev–Trinajstić information content (AvgIpc) is 2.96. The molecular weight excluding hydrogens is 284 g/mol. The van der Waals surface area contributed by atoms with E-state index in [-0.39, 0.29) is 0 Å². The van der Waals surface area contributed by atoms with Crippen LogP contribution in [0.1, 0.15) is 26.7 Å². The largest absolute Gasteiger partial charge is 0.497 e. The quantitative estimate of drug-likeness (QED) is 0.862. The highest BCUT2D eigenvalue weighted by molar-refractivity contribution is 8.15. The fourth-order valence-electron chi connectivity index (χ4n) is 2.52. The number of ether oxygens (including phenoxy) is 2. The van der Waals surface area contributed by atoms with Gasteiger partial charge in [0.1, 0.15) is 11.5 Å². The molecule has 1 aliphatic heterocycles. The van der Waals surface area contributed by atoms with Gasteiger partial charge < -0.3 is 14.8 Å². The first-order chi connectivity index (χ1) is 10.2. The summed E-state index contributed by atoms with van der Waals surface area (Å²) in [4.78, 5) is 4.63. The fourth-order valence-corrected chi connectivity index (χ4v) is 3.86. The lowest BCUT2D eigenvalue weighted by molar-refractivity contribution is 0.395. The summed E-state index contributed by atoms with van der Waals surface area (Å²) in [7, 11) is 3.31. The van der Waals surface area contributed by atoms with Crippen LogP contribution in [0.15, 0.2) is 23.2 Å². The van der Waals surface area contributed by atoms with Gasteiger partial charge in [-0.15, -0.1) is 0 Å². The van der Waals surface area contributed by atoms with Crippen LogP contribution < -0.4 is 14.8 Å². The summed E-state index contributed by atoms with van der Waals surface area (Å²) in [5, 5.41) is 4.96. The number of rotatable bonds is 6. The van der Waals surface area contributed by atoms with E-state index in [9.17, 15) is 0 Å². The zero-order valence-electron chi connectivity index (χ0n) is 13.2. The Labute approximate surface area is 131 Å². The van der Waals surface area contributed by atoms with Crippen molar-refractivity contribution in [3.05, 3.63) is 18.2 Å². The first kappa shape index (κ1) is 16.0. The summed E-state index contributed by atoms with van der Waals surface area (Å²) in [6, 6.07) is 5.77. The van der Waals surface area contributed by atoms with Gasteiger partial charge in [-0.3, -0.25) is 4.99 Å². The molecule has 4 nitrogen and oxygen atoms in total. The molecule has 0 aromatic heterocycles. The van der Waals surface area contributed by atoms with Crippen LogP contribution in [0.25, 0.3) is 0 Å². The highest BCUT2D eigenvalue weighted by atomic mass is 32.2. The van der Waals surface area contributed by atoms with Crippen LogP contribution in [0.2, 0.25) is 0 Å². The Hall–Kier alpha value is -1.36. The number of benzene rings is 1. The van der Waals surface area contributed by atoms with Crippen molar-refractivity contribution in [2.75, 3.05) is 26.1 Å². The van der Waals surface area contributed by atoms with E-state index in [1.165, 1.54) is 12.8 Å². The van der Waals surface area contributed by atoms with Crippen molar-refractivity contribution < 1.29 is 9.47 Å². The van der Waals surface area contributed by atoms with Gasteiger partial charge in [0.15, 0.2) is 5.17 Å². The summed E-state index contributed by atoms with van der Waals surface area (Å²) >= 11 is 1.85. The lowest BCUT2D eigenvalue weighted by Gasteiger charge is -2.18. The van der Waals surface area contributed by atoms with Crippen molar-refractivity contribution in [3.8, 4) is 11.5 Å². The second kappa shape index (κ2) is 7.59. The zero-order valence-corrected chi connectivity index (χ0v) is 14.0. The van der Waals surface area contributed by atoms with Crippen molar-refractivity contribution in [2.24, 2.45) is 10.9 Å². The summed E-state index contributed by atoms with van der Waals surface area (Å²) in [6.45, 7) is 5.42. The Morgan fingerprint density at radius 1 is 1.19 bits per heavy atom. The molecule has 1 heterocycles. The fraction of sp³-hybridized carbons (Fsp3) is 0.562. The number of amidine groups is 1. The van der Waals surface area contributed by atoms with Crippen LogP contribution in [0, 0.1) is 5.92 Å². The van der Waals surface area contributed by atoms with Crippen molar-refractivity contribution >= 4 is 22.6 Å². The van der Waals surface area contributed by atoms with E-state index in [1.807, 2.05) is 30.0 Å². The van der Waals surface area contributed by atoms with E-state index < -0.39 is 0 Å². The van der Waals surface area contributed by atoms with E-state index in [2.05, 4.69) is 24.2 Å². The molecule has 0 spiro atoms. The molecule has 21 heavy (non-hydrogen) atoms. The molecule has 1 aromatic rings. The highest BCUT2D eigenvalue weighted by Gasteiger charge is 2.26. The van der Waals surface area contributed by atoms with Gasteiger partial charge in [-0.05, 0) is 5.92 Å². The number of hydrogen-bond acceptors (Lipinski definition) is 5. The molecule has 0 radical (unpaired) electrons. The minimum atomic E-state index is 0.593. The topological polar surface area (TPSA) is 42.9 Å². The standard InChI is InChI=1S/C16H24N2O2S/c1-5-11(6-2)15-10-17-16(21-15)18-12-7-13(19-3)9-14(8-12)20-4/h7-9,11,15H,5-6,10H2,1-4H3,(H,17,18). The van der Waals surface area contributed by atoms with E-state index >= 15 is 0 Å². The number of anilines is 1. The van der Waals surface area contributed by atoms with E-state index in [1.54, 1.807) is 14.2 Å². The SMILES string of the molecule is CCC(CC)C1CN=C(Nc2cc(OC)cc(OC)c2)S1. The summed E-state index contributed by atoms with van der Waals surface area (Å²) in [6.07, 6.45) is 2.42. The Balaban J connectivity index is 2.03. The minimum Gasteiger partial charge on any atom is -0.497 e. The number of aliphatic imine (C=N–C) groups is 1. The Morgan fingerprint density at radius 3 is 2.33 bits per heavy atom. The third kappa shape index (κ3) is 4.06. The molecule has 1 atom stereocenters. The molecule has 1 aromatic carbocycles. The smallest absolute Gasteiger partial charge is 0.161 e. The maximum absolute atomic E-state index is 5.29. The van der Waals surface area contributed by atoms with Crippen LogP contribution in [-0.4, -0.2) is 31.2 Å². The van der Waals surface area contributed by atoms with Gasteiger partial charge in [0.2, 0.25) is 0 Å². The highest BCUT2D eigenvalue weighted by Crippen LogP contribution is 2.33. The Kier molecular flexibility index (Phi) is 5.79. The molecule has 2 rings (SSSR count). The second-order valence-electron chi connectivity index (χ2n) is 5.11. The van der Waals surface area contributed by atoms with Gasteiger partial charge in [-0.25, -0.2) is 0 Å². The molecule has 0 aliphatic carbocycles. The van der Waals surface area contributed by atoms with Gasteiger partial charge >= 0.3 is 0 Å². The van der Waals surface area contributed by atoms with Crippen molar-refractivity contribution in [1.29, 1.82) is 0 Å². The zero-order chi connectivity index (χ0) is 15.2. The molecule has 1 unspecified atom stereocenters. The van der Waals surface area contributed by atoms with Crippen molar-refractivity contribution in [2.45, 2.75) is 31.9 Å². The third-order valence-electron chi connectivity index (χ3n) is 3.86. The molecule has 5 heteroatoms. The van der Waals surface area contributed by atoms with Crippen LogP contribution in [-0.2, 0) is 0 Å². The van der Waals surface area contributed by atoms with E-state index in [0.717, 1.165) is 34.8 Å². The predicted molar refractivity (Wildman–Crippen MR) is 90.9 cm³/mol. The molecule has 116 valence electrons. The summed E-state index contributed by atoms with van der Waals surface area (Å²) < 4.78 is 10.6. The van der Waals surface area contributed by atoms with Crippen LogP contribution >= 0.6 is 11.8 Å². The Morgan fingerprint density at radius 2 is 1.81 bits per heavy atom. The van der Waals surface area contributed by atoms with Gasteiger partial charge in [0.25, 0.3) is 0 Å². The molecule has 0 amide bonds. The lowest BCUT2D eigenvalue weighted by Crippen LogP contribution is -2.17. The van der Waals surface area contributed by atoms with Gasteiger partial charge in [0, 0.05) is 29.1 Å². The van der Waals surface area contributed by atoms with Gasteiger partial charge in [-0.1, -0.05) is 38.5 Å². The normalized spacial score (nSPS) is 17.8. The van der Waals surface area contributed by atoms with Gasteiger partial charge in [-0.2, -0.15) is 0 Å². The molecule has 1 N–H and O–H groups in total. The van der Waals surface area contributed by atoms with Crippen LogP contribution in [0.5, 0.6) is 11.5 Å². The number of thioether (sulfide) groups is 1. The number of nitrogens with zero attached hydrogens (tertiary/aromatic N) is 1. The molecular formula is C16H24N2O2S. The number of methoxy groups -OCH3 is 2. The maximum atomic E-state index is 5.29.